The molecule has 2 aromatic heterocycles. The fourth-order valence-electron chi connectivity index (χ4n) is 6.04. The van der Waals surface area contributed by atoms with Gasteiger partial charge in [0.2, 0.25) is 0 Å². The Morgan fingerprint density at radius 2 is 1.84 bits per heavy atom. The highest BCUT2D eigenvalue weighted by molar-refractivity contribution is 6.30. The highest BCUT2D eigenvalue weighted by atomic mass is 35.5. The van der Waals surface area contributed by atoms with Crippen LogP contribution in [-0.4, -0.2) is 43.8 Å². The minimum absolute atomic E-state index is 0.0288. The van der Waals surface area contributed by atoms with Gasteiger partial charge in [-0.15, -0.1) is 0 Å². The van der Waals surface area contributed by atoms with Crippen LogP contribution in [0.15, 0.2) is 30.3 Å². The molecule has 0 aliphatic carbocycles. The molecule has 1 aliphatic rings. The summed E-state index contributed by atoms with van der Waals surface area (Å²) in [5.74, 6) is -1.01. The highest BCUT2D eigenvalue weighted by Crippen LogP contribution is 2.42. The van der Waals surface area contributed by atoms with E-state index in [2.05, 4.69) is 20.3 Å². The normalized spacial score (nSPS) is 20.2. The van der Waals surface area contributed by atoms with Gasteiger partial charge in [-0.3, -0.25) is 14.4 Å². The first-order valence-electron chi connectivity index (χ1n) is 15.4. The molecule has 1 aliphatic heterocycles. The van der Waals surface area contributed by atoms with Crippen molar-refractivity contribution in [1.29, 1.82) is 0 Å². The van der Waals surface area contributed by atoms with Gasteiger partial charge in [0.15, 0.2) is 11.6 Å². The lowest BCUT2D eigenvalue weighted by Gasteiger charge is -2.45. The van der Waals surface area contributed by atoms with Crippen LogP contribution in [0.1, 0.15) is 96.9 Å². The number of likely N-dealkylation sites (tertiary alicyclic amines) is 1. The summed E-state index contributed by atoms with van der Waals surface area (Å²) in [5.41, 5.74) is -1.02. The van der Waals surface area contributed by atoms with E-state index in [0.717, 1.165) is 5.69 Å². The second kappa shape index (κ2) is 12.9. The molecule has 0 bridgehead atoms. The largest absolute Gasteiger partial charge is 0.460 e. The van der Waals surface area contributed by atoms with Crippen molar-refractivity contribution in [3.63, 3.8) is 0 Å². The number of ether oxygens (including phenoxy) is 1. The molecule has 3 aromatic rings. The summed E-state index contributed by atoms with van der Waals surface area (Å²) in [4.78, 5) is 20.6. The number of aryl methyl sites for hydroxylation is 1. The molecule has 0 spiro atoms. The Hall–Kier alpha value is -3.11. The van der Waals surface area contributed by atoms with Crippen molar-refractivity contribution in [1.82, 2.24) is 19.7 Å². The maximum atomic E-state index is 16.0. The Bertz CT molecular complexity index is 1550. The lowest BCUT2D eigenvalue weighted by molar-refractivity contribution is -0.172. The van der Waals surface area contributed by atoms with Crippen LogP contribution in [0.4, 0.5) is 24.8 Å². The van der Waals surface area contributed by atoms with E-state index in [9.17, 15) is 13.6 Å². The molecular formula is C34H45ClF3N5O2. The van der Waals surface area contributed by atoms with Gasteiger partial charge in [0.25, 0.3) is 0 Å². The van der Waals surface area contributed by atoms with Crippen LogP contribution in [0.5, 0.6) is 0 Å². The molecule has 1 fully saturated rings. The van der Waals surface area contributed by atoms with Gasteiger partial charge < -0.3 is 10.1 Å². The van der Waals surface area contributed by atoms with Crippen LogP contribution in [0, 0.1) is 24.0 Å². The molecule has 0 saturated carbocycles. The number of anilines is 2. The van der Waals surface area contributed by atoms with Crippen LogP contribution in [-0.2, 0) is 28.0 Å². The number of nitrogens with zero attached hydrogens (tertiary/aromatic N) is 4. The molecular weight excluding hydrogens is 603 g/mol. The summed E-state index contributed by atoms with van der Waals surface area (Å²) in [6.07, 6.45) is -1.10. The SMILES string of the molecule is Cc1cc(Nc2cc(C(C)F)c(F)c(CC3(C(=O)OC(C)(C)C)CCN(Cc4cccc(Cl)c4F)[C@H](C)C3)n2)nn1C(C)(C)C. The van der Waals surface area contributed by atoms with Crippen molar-refractivity contribution in [3.05, 3.63) is 69.5 Å². The molecule has 7 nitrogen and oxygen atoms in total. The Labute approximate surface area is 269 Å². The topological polar surface area (TPSA) is 72.3 Å². The van der Waals surface area contributed by atoms with Crippen molar-refractivity contribution >= 4 is 29.2 Å². The van der Waals surface area contributed by atoms with Crippen LogP contribution >= 0.6 is 11.6 Å². The smallest absolute Gasteiger partial charge is 0.313 e. The van der Waals surface area contributed by atoms with E-state index >= 15 is 4.39 Å². The standard InChI is InChI=1S/C34H45ClF3N5O2/c1-20-15-28(41-43(20)32(4,5)6)40-27-16-24(22(3)36)30(38)26(39-27)18-34(31(44)45-33(7,8)9)13-14-42(21(2)17-34)19-23-11-10-12-25(35)29(23)37/h10-12,15-16,21-22H,13-14,17-19H2,1-9H3,(H,39,40,41)/t21-,22?,34?/m1/s1. The predicted molar refractivity (Wildman–Crippen MR) is 171 cm³/mol. The highest BCUT2D eigenvalue weighted by Gasteiger charge is 2.47. The van der Waals surface area contributed by atoms with Gasteiger partial charge in [-0.1, -0.05) is 23.7 Å². The number of nitrogens with one attached hydrogen (secondary N) is 1. The first-order valence-corrected chi connectivity index (χ1v) is 15.8. The molecule has 1 N–H and O–H groups in total. The molecule has 0 amide bonds. The van der Waals surface area contributed by atoms with Crippen molar-refractivity contribution in [3.8, 4) is 0 Å². The van der Waals surface area contributed by atoms with Crippen LogP contribution < -0.4 is 5.32 Å². The summed E-state index contributed by atoms with van der Waals surface area (Å²) >= 11 is 6.01. The maximum absolute atomic E-state index is 16.0. The lowest BCUT2D eigenvalue weighted by atomic mass is 9.71. The van der Waals surface area contributed by atoms with Crippen LogP contribution in [0.3, 0.4) is 0 Å². The van der Waals surface area contributed by atoms with Crippen molar-refractivity contribution in [2.45, 2.75) is 111 Å². The van der Waals surface area contributed by atoms with E-state index in [4.69, 9.17) is 16.3 Å². The van der Waals surface area contributed by atoms with E-state index in [1.54, 1.807) is 32.9 Å². The summed E-state index contributed by atoms with van der Waals surface area (Å²) in [6, 6.07) is 7.89. The Kier molecular flexibility index (Phi) is 10.0. The Balaban J connectivity index is 1.70. The Morgan fingerprint density at radius 3 is 2.42 bits per heavy atom. The fraction of sp³-hybridized carbons (Fsp3) is 0.559. The van der Waals surface area contributed by atoms with Gasteiger partial charge in [0, 0.05) is 41.9 Å². The number of rotatable bonds is 8. The molecule has 3 heterocycles. The molecule has 45 heavy (non-hydrogen) atoms. The van der Waals surface area contributed by atoms with Crippen molar-refractivity contribution < 1.29 is 22.7 Å². The monoisotopic (exact) mass is 647 g/mol. The number of piperidine rings is 1. The number of alkyl halides is 1. The first-order chi connectivity index (χ1) is 20.8. The number of halogens is 4. The number of hydrogen-bond donors (Lipinski definition) is 1. The number of hydrogen-bond acceptors (Lipinski definition) is 6. The van der Waals surface area contributed by atoms with E-state index in [0.29, 0.717) is 37.3 Å². The van der Waals surface area contributed by atoms with Gasteiger partial charge in [0.1, 0.15) is 23.4 Å². The minimum atomic E-state index is -1.62. The van der Waals surface area contributed by atoms with Crippen molar-refractivity contribution in [2.24, 2.45) is 5.41 Å². The molecule has 11 heteroatoms. The number of carbonyl (C=O) groups excluding carboxylic acids is 1. The number of pyridine rings is 1. The van der Waals surface area contributed by atoms with E-state index in [1.807, 2.05) is 45.4 Å². The zero-order valence-electron chi connectivity index (χ0n) is 27.7. The molecule has 2 unspecified atom stereocenters. The van der Waals surface area contributed by atoms with Crippen molar-refractivity contribution in [2.75, 3.05) is 11.9 Å². The average Bonchev–Trinajstić information content (AvgIpc) is 3.29. The average molecular weight is 648 g/mol. The van der Waals surface area contributed by atoms with E-state index < -0.39 is 34.8 Å². The van der Waals surface area contributed by atoms with Crippen LogP contribution in [0.25, 0.3) is 0 Å². The lowest BCUT2D eigenvalue weighted by Crippen LogP contribution is -2.51. The molecule has 1 saturated heterocycles. The van der Waals surface area contributed by atoms with E-state index in [-0.39, 0.29) is 40.1 Å². The van der Waals surface area contributed by atoms with Gasteiger partial charge >= 0.3 is 5.97 Å². The fourth-order valence-corrected chi connectivity index (χ4v) is 6.24. The third kappa shape index (κ3) is 8.01. The predicted octanol–water partition coefficient (Wildman–Crippen LogP) is 8.60. The zero-order valence-corrected chi connectivity index (χ0v) is 28.5. The van der Waals surface area contributed by atoms with Gasteiger partial charge in [-0.2, -0.15) is 5.10 Å². The summed E-state index contributed by atoms with van der Waals surface area (Å²) in [6.45, 7) is 17.3. The van der Waals surface area contributed by atoms with E-state index in [1.165, 1.54) is 19.1 Å². The first kappa shape index (κ1) is 34.8. The molecule has 1 aromatic carbocycles. The van der Waals surface area contributed by atoms with Gasteiger partial charge in [-0.05, 0) is 93.8 Å². The number of aromatic nitrogens is 3. The quantitative estimate of drug-likeness (QED) is 0.247. The molecule has 246 valence electrons. The third-order valence-corrected chi connectivity index (χ3v) is 8.48. The number of esters is 1. The second-order valence-electron chi connectivity index (χ2n) is 14.3. The minimum Gasteiger partial charge on any atom is -0.460 e. The van der Waals surface area contributed by atoms with Gasteiger partial charge in [-0.25, -0.2) is 18.2 Å². The third-order valence-electron chi connectivity index (χ3n) is 8.19. The van der Waals surface area contributed by atoms with Crippen LogP contribution in [0.2, 0.25) is 5.02 Å². The second-order valence-corrected chi connectivity index (χ2v) is 14.7. The molecule has 4 rings (SSSR count). The Morgan fingerprint density at radius 1 is 1.16 bits per heavy atom. The summed E-state index contributed by atoms with van der Waals surface area (Å²) in [5, 5.41) is 7.80. The van der Waals surface area contributed by atoms with Gasteiger partial charge in [0.05, 0.1) is 21.7 Å². The number of benzene rings is 1. The maximum Gasteiger partial charge on any atom is 0.313 e. The zero-order chi connectivity index (χ0) is 33.5. The summed E-state index contributed by atoms with van der Waals surface area (Å²) < 4.78 is 53.3. The summed E-state index contributed by atoms with van der Waals surface area (Å²) in [7, 11) is 0. The number of carbonyl (C=O) groups is 1. The molecule has 3 atom stereocenters. The molecule has 0 radical (unpaired) electrons.